The maximum atomic E-state index is 6.07. The third kappa shape index (κ3) is 3.41. The summed E-state index contributed by atoms with van der Waals surface area (Å²) in [5.74, 6) is 1.03. The fraction of sp³-hybridized carbons (Fsp3) is 0.190. The van der Waals surface area contributed by atoms with Gasteiger partial charge in [-0.2, -0.15) is 4.98 Å². The minimum absolute atomic E-state index is 0.198. The SMILES string of the molecule is CCN1C(=S)N[C@@H](c2ccc(Cl)cc2)C(c2nc(-c3ccccc3)no2)=C1C. The fourth-order valence-corrected chi connectivity index (χ4v) is 3.89. The standard InChI is InChI=1S/C21H19ClN4OS/c1-3-26-13(2)17(18(23-21(26)28)14-9-11-16(22)12-10-14)20-24-19(25-27-20)15-7-5-4-6-8-15/h4-12,18H,3H2,1-2H3,(H,23,28)/t18-/m0/s1. The van der Waals surface area contributed by atoms with Crippen LogP contribution in [-0.4, -0.2) is 26.7 Å². The van der Waals surface area contributed by atoms with Crippen molar-refractivity contribution in [2.24, 2.45) is 0 Å². The van der Waals surface area contributed by atoms with Gasteiger partial charge in [0.25, 0.3) is 5.89 Å². The first-order valence-corrected chi connectivity index (χ1v) is 9.81. The lowest BCUT2D eigenvalue weighted by atomic mass is 9.95. The third-order valence-corrected chi connectivity index (χ3v) is 5.39. The number of rotatable bonds is 4. The highest BCUT2D eigenvalue weighted by molar-refractivity contribution is 7.80. The van der Waals surface area contributed by atoms with E-state index in [1.165, 1.54) is 0 Å². The number of benzene rings is 2. The van der Waals surface area contributed by atoms with Crippen LogP contribution in [0.5, 0.6) is 0 Å². The lowest BCUT2D eigenvalue weighted by Crippen LogP contribution is -2.45. The van der Waals surface area contributed by atoms with Crippen LogP contribution >= 0.6 is 23.8 Å². The Kier molecular flexibility index (Phi) is 5.15. The Bertz CT molecular complexity index is 1030. The highest BCUT2D eigenvalue weighted by atomic mass is 35.5. The molecular weight excluding hydrogens is 392 g/mol. The van der Waals surface area contributed by atoms with Crippen molar-refractivity contribution in [3.8, 4) is 11.4 Å². The number of hydrogen-bond acceptors (Lipinski definition) is 4. The second-order valence-electron chi connectivity index (χ2n) is 6.47. The molecule has 1 atom stereocenters. The summed E-state index contributed by atoms with van der Waals surface area (Å²) in [4.78, 5) is 6.70. The van der Waals surface area contributed by atoms with Crippen LogP contribution in [0.3, 0.4) is 0 Å². The van der Waals surface area contributed by atoms with Crippen molar-refractivity contribution in [1.82, 2.24) is 20.4 Å². The van der Waals surface area contributed by atoms with Gasteiger partial charge in [0.05, 0.1) is 11.6 Å². The molecule has 0 radical (unpaired) electrons. The topological polar surface area (TPSA) is 54.2 Å². The van der Waals surface area contributed by atoms with Crippen LogP contribution in [0.25, 0.3) is 17.0 Å². The molecule has 0 unspecified atom stereocenters. The first-order valence-electron chi connectivity index (χ1n) is 9.02. The largest absolute Gasteiger partial charge is 0.351 e. The molecular formula is C21H19ClN4OS. The van der Waals surface area contributed by atoms with E-state index in [0.717, 1.165) is 28.9 Å². The molecule has 0 spiro atoms. The molecule has 7 heteroatoms. The van der Waals surface area contributed by atoms with E-state index in [4.69, 9.17) is 28.3 Å². The summed E-state index contributed by atoms with van der Waals surface area (Å²) in [5.41, 5.74) is 3.84. The smallest absolute Gasteiger partial charge is 0.258 e. The average Bonchev–Trinajstić information content (AvgIpc) is 3.19. The second-order valence-corrected chi connectivity index (χ2v) is 7.29. The molecule has 4 rings (SSSR count). The van der Waals surface area contributed by atoms with Gasteiger partial charge in [-0.25, -0.2) is 0 Å². The monoisotopic (exact) mass is 410 g/mol. The maximum Gasteiger partial charge on any atom is 0.258 e. The highest BCUT2D eigenvalue weighted by Crippen LogP contribution is 2.37. The van der Waals surface area contributed by atoms with Crippen LogP contribution in [-0.2, 0) is 0 Å². The second kappa shape index (κ2) is 7.73. The number of thiocarbonyl (C=S) groups is 1. The number of hydrogen-bond donors (Lipinski definition) is 1. The van der Waals surface area contributed by atoms with Gasteiger partial charge >= 0.3 is 0 Å². The van der Waals surface area contributed by atoms with E-state index in [1.54, 1.807) is 0 Å². The molecule has 142 valence electrons. The Morgan fingerprint density at radius 1 is 1.14 bits per heavy atom. The molecule has 1 aliphatic heterocycles. The first kappa shape index (κ1) is 18.7. The van der Waals surface area contributed by atoms with Gasteiger partial charge in [-0.1, -0.05) is 59.2 Å². The first-order chi connectivity index (χ1) is 13.6. The van der Waals surface area contributed by atoms with E-state index < -0.39 is 0 Å². The van der Waals surface area contributed by atoms with E-state index in [0.29, 0.717) is 21.9 Å². The van der Waals surface area contributed by atoms with Crippen LogP contribution in [0, 0.1) is 0 Å². The molecule has 0 amide bonds. The molecule has 2 aromatic carbocycles. The summed E-state index contributed by atoms with van der Waals surface area (Å²) in [6.07, 6.45) is 0. The molecule has 0 saturated heterocycles. The zero-order valence-corrected chi connectivity index (χ0v) is 17.1. The summed E-state index contributed by atoms with van der Waals surface area (Å²) in [6, 6.07) is 17.3. The van der Waals surface area contributed by atoms with Crippen molar-refractivity contribution in [3.05, 3.63) is 76.8 Å². The summed E-state index contributed by atoms with van der Waals surface area (Å²) in [7, 11) is 0. The number of nitrogens with one attached hydrogen (secondary N) is 1. The Morgan fingerprint density at radius 2 is 1.86 bits per heavy atom. The van der Waals surface area contributed by atoms with Gasteiger partial charge < -0.3 is 14.7 Å². The predicted octanol–water partition coefficient (Wildman–Crippen LogP) is 5.07. The van der Waals surface area contributed by atoms with Crippen LogP contribution in [0.4, 0.5) is 0 Å². The molecule has 0 aliphatic carbocycles. The lowest BCUT2D eigenvalue weighted by Gasteiger charge is -2.36. The van der Waals surface area contributed by atoms with Crippen LogP contribution in [0.15, 0.2) is 64.8 Å². The van der Waals surface area contributed by atoms with Crippen LogP contribution < -0.4 is 5.32 Å². The Hall–Kier alpha value is -2.70. The molecule has 3 aromatic rings. The number of halogens is 1. The number of aromatic nitrogens is 2. The molecule has 5 nitrogen and oxygen atoms in total. The molecule has 28 heavy (non-hydrogen) atoms. The third-order valence-electron chi connectivity index (χ3n) is 4.80. The zero-order chi connectivity index (χ0) is 19.7. The minimum Gasteiger partial charge on any atom is -0.351 e. The summed E-state index contributed by atoms with van der Waals surface area (Å²) in [5, 5.41) is 8.95. The predicted molar refractivity (Wildman–Crippen MR) is 115 cm³/mol. The highest BCUT2D eigenvalue weighted by Gasteiger charge is 2.33. The van der Waals surface area contributed by atoms with Crippen molar-refractivity contribution >= 4 is 34.5 Å². The quantitative estimate of drug-likeness (QED) is 0.606. The van der Waals surface area contributed by atoms with Crippen LogP contribution in [0.2, 0.25) is 5.02 Å². The van der Waals surface area contributed by atoms with E-state index in [-0.39, 0.29) is 6.04 Å². The van der Waals surface area contributed by atoms with Crippen LogP contribution in [0.1, 0.15) is 31.3 Å². The molecule has 1 aromatic heterocycles. The summed E-state index contributed by atoms with van der Waals surface area (Å²) < 4.78 is 5.68. The number of allylic oxidation sites excluding steroid dienone is 1. The summed E-state index contributed by atoms with van der Waals surface area (Å²) >= 11 is 11.6. The molecule has 0 saturated carbocycles. The molecule has 0 bridgehead atoms. The van der Waals surface area contributed by atoms with E-state index in [2.05, 4.69) is 22.4 Å². The average molecular weight is 411 g/mol. The normalized spacial score (nSPS) is 17.0. The van der Waals surface area contributed by atoms with Crippen molar-refractivity contribution in [3.63, 3.8) is 0 Å². The fourth-order valence-electron chi connectivity index (χ4n) is 3.38. The van der Waals surface area contributed by atoms with Crippen molar-refractivity contribution in [1.29, 1.82) is 0 Å². The van der Waals surface area contributed by atoms with Gasteiger partial charge in [0, 0.05) is 22.8 Å². The molecule has 0 fully saturated rings. The van der Waals surface area contributed by atoms with Gasteiger partial charge in [-0.05, 0) is 43.8 Å². The van der Waals surface area contributed by atoms with E-state index >= 15 is 0 Å². The zero-order valence-electron chi connectivity index (χ0n) is 15.5. The Labute approximate surface area is 174 Å². The van der Waals surface area contributed by atoms with Gasteiger partial charge in [0.2, 0.25) is 5.82 Å². The maximum absolute atomic E-state index is 6.07. The minimum atomic E-state index is -0.198. The Balaban J connectivity index is 1.82. The molecule has 1 N–H and O–H groups in total. The van der Waals surface area contributed by atoms with Gasteiger partial charge in [-0.15, -0.1) is 0 Å². The van der Waals surface area contributed by atoms with Crippen molar-refractivity contribution in [2.75, 3.05) is 6.54 Å². The van der Waals surface area contributed by atoms with Crippen molar-refractivity contribution < 1.29 is 4.52 Å². The van der Waals surface area contributed by atoms with E-state index in [1.807, 2.05) is 66.4 Å². The van der Waals surface area contributed by atoms with Gasteiger partial charge in [0.15, 0.2) is 5.11 Å². The Morgan fingerprint density at radius 3 is 2.54 bits per heavy atom. The van der Waals surface area contributed by atoms with Crippen molar-refractivity contribution in [2.45, 2.75) is 19.9 Å². The molecule has 1 aliphatic rings. The van der Waals surface area contributed by atoms with Gasteiger partial charge in [0.1, 0.15) is 0 Å². The summed E-state index contributed by atoms with van der Waals surface area (Å²) in [6.45, 7) is 4.83. The van der Waals surface area contributed by atoms with Gasteiger partial charge in [-0.3, -0.25) is 0 Å². The molecule has 2 heterocycles. The lowest BCUT2D eigenvalue weighted by molar-refractivity contribution is 0.398. The number of nitrogens with zero attached hydrogens (tertiary/aromatic N) is 3. The van der Waals surface area contributed by atoms with E-state index in [9.17, 15) is 0 Å².